The van der Waals surface area contributed by atoms with Crippen molar-refractivity contribution in [2.75, 3.05) is 0 Å². The van der Waals surface area contributed by atoms with Crippen LogP contribution in [-0.2, 0) is 6.18 Å². The van der Waals surface area contributed by atoms with Crippen molar-refractivity contribution in [3.8, 4) is 6.07 Å². The fourth-order valence-electron chi connectivity index (χ4n) is 2.27. The lowest BCUT2D eigenvalue weighted by Crippen LogP contribution is -2.07. The molecule has 0 unspecified atom stereocenters. The number of nitrogens with zero attached hydrogens (tertiary/aromatic N) is 5. The molecule has 0 amide bonds. The van der Waals surface area contributed by atoms with E-state index in [4.69, 9.17) is 11.6 Å². The van der Waals surface area contributed by atoms with E-state index in [0.717, 1.165) is 24.0 Å². The van der Waals surface area contributed by atoms with Gasteiger partial charge in [0.2, 0.25) is 5.16 Å². The number of aromatic nitrogens is 4. The Morgan fingerprint density at radius 3 is 2.60 bits per heavy atom. The summed E-state index contributed by atoms with van der Waals surface area (Å²) in [5, 5.41) is 17.1. The van der Waals surface area contributed by atoms with E-state index in [1.54, 1.807) is 19.9 Å². The van der Waals surface area contributed by atoms with Crippen LogP contribution >= 0.6 is 23.4 Å². The fraction of sp³-hybridized carbons (Fsp3) is 0.200. The van der Waals surface area contributed by atoms with E-state index >= 15 is 0 Å². The lowest BCUT2D eigenvalue weighted by Gasteiger charge is -2.09. The molecule has 3 aromatic rings. The van der Waals surface area contributed by atoms with Crippen LogP contribution in [0.3, 0.4) is 0 Å². The van der Waals surface area contributed by atoms with E-state index in [2.05, 4.69) is 21.3 Å². The number of fused-ring (bicyclic) bond motifs is 1. The number of rotatable bonds is 2. The third kappa shape index (κ3) is 3.27. The number of hydrogen-bond acceptors (Lipinski definition) is 5. The summed E-state index contributed by atoms with van der Waals surface area (Å²) in [4.78, 5) is 4.75. The normalized spacial score (nSPS) is 11.7. The fourth-order valence-corrected chi connectivity index (χ4v) is 3.55. The molecule has 0 fully saturated rings. The predicted octanol–water partition coefficient (Wildman–Crippen LogP) is 4.44. The van der Waals surface area contributed by atoms with Crippen molar-refractivity contribution in [3.05, 3.63) is 45.9 Å². The first kappa shape index (κ1) is 17.5. The minimum Gasteiger partial charge on any atom is -0.275 e. The molecule has 3 heterocycles. The van der Waals surface area contributed by atoms with Gasteiger partial charge in [-0.15, -0.1) is 10.2 Å². The molecule has 0 saturated heterocycles. The summed E-state index contributed by atoms with van der Waals surface area (Å²) >= 11 is 6.93. The smallest absolute Gasteiger partial charge is 0.275 e. The first-order valence-corrected chi connectivity index (χ1v) is 8.08. The maximum Gasteiger partial charge on any atom is 0.417 e. The minimum atomic E-state index is -4.55. The Bertz CT molecular complexity index is 1020. The molecule has 0 radical (unpaired) electrons. The number of alkyl halides is 3. The second-order valence-electron chi connectivity index (χ2n) is 5.19. The molecular formula is C15H9ClF3N5S. The van der Waals surface area contributed by atoms with Crippen LogP contribution in [0, 0.1) is 25.2 Å². The molecule has 5 nitrogen and oxygen atoms in total. The summed E-state index contributed by atoms with van der Waals surface area (Å²) in [5.41, 5.74) is 0.757. The SMILES string of the molecule is Cc1cc(Sc2nnc3c(Cl)cc(C(F)(F)F)cn23)c(C#N)c(C)n1. The van der Waals surface area contributed by atoms with Crippen LogP contribution in [0.15, 0.2) is 28.4 Å². The average molecular weight is 384 g/mol. The van der Waals surface area contributed by atoms with Gasteiger partial charge in [-0.2, -0.15) is 18.4 Å². The van der Waals surface area contributed by atoms with Crippen molar-refractivity contribution in [3.63, 3.8) is 0 Å². The molecule has 10 heteroatoms. The third-order valence-corrected chi connectivity index (χ3v) is 4.64. The van der Waals surface area contributed by atoms with Gasteiger partial charge in [0, 0.05) is 16.8 Å². The highest BCUT2D eigenvalue weighted by Crippen LogP contribution is 2.35. The molecule has 3 aromatic heterocycles. The van der Waals surface area contributed by atoms with Gasteiger partial charge in [-0.3, -0.25) is 9.38 Å². The van der Waals surface area contributed by atoms with E-state index in [0.29, 0.717) is 21.8 Å². The van der Waals surface area contributed by atoms with Crippen molar-refractivity contribution in [2.45, 2.75) is 30.1 Å². The van der Waals surface area contributed by atoms with Crippen LogP contribution in [0.25, 0.3) is 5.65 Å². The zero-order chi connectivity index (χ0) is 18.4. The Kier molecular flexibility index (Phi) is 4.34. The van der Waals surface area contributed by atoms with Crippen molar-refractivity contribution in [1.82, 2.24) is 19.6 Å². The molecule has 128 valence electrons. The van der Waals surface area contributed by atoms with Gasteiger partial charge in [0.25, 0.3) is 0 Å². The number of halogens is 4. The van der Waals surface area contributed by atoms with Crippen LogP contribution < -0.4 is 0 Å². The predicted molar refractivity (Wildman–Crippen MR) is 85.5 cm³/mol. The second kappa shape index (κ2) is 6.20. The highest BCUT2D eigenvalue weighted by atomic mass is 35.5. The van der Waals surface area contributed by atoms with E-state index < -0.39 is 11.7 Å². The molecule has 0 bridgehead atoms. The Hall–Kier alpha value is -2.31. The highest BCUT2D eigenvalue weighted by Gasteiger charge is 2.32. The third-order valence-electron chi connectivity index (χ3n) is 3.36. The van der Waals surface area contributed by atoms with Gasteiger partial charge >= 0.3 is 6.18 Å². The molecular weight excluding hydrogens is 375 g/mol. The number of hydrogen-bond donors (Lipinski definition) is 0. The Morgan fingerprint density at radius 1 is 1.24 bits per heavy atom. The topological polar surface area (TPSA) is 66.9 Å². The van der Waals surface area contributed by atoms with Crippen molar-refractivity contribution in [2.24, 2.45) is 0 Å². The van der Waals surface area contributed by atoms with E-state index in [-0.39, 0.29) is 15.8 Å². The zero-order valence-corrected chi connectivity index (χ0v) is 14.5. The molecule has 0 atom stereocenters. The van der Waals surface area contributed by atoms with E-state index in [9.17, 15) is 18.4 Å². The monoisotopic (exact) mass is 383 g/mol. The molecule has 25 heavy (non-hydrogen) atoms. The van der Waals surface area contributed by atoms with Gasteiger partial charge in [-0.1, -0.05) is 11.6 Å². The lowest BCUT2D eigenvalue weighted by molar-refractivity contribution is -0.137. The summed E-state index contributed by atoms with van der Waals surface area (Å²) in [7, 11) is 0. The molecule has 0 aliphatic carbocycles. The van der Waals surface area contributed by atoms with Crippen molar-refractivity contribution >= 4 is 29.0 Å². The van der Waals surface area contributed by atoms with E-state index in [1.165, 1.54) is 4.40 Å². The average Bonchev–Trinajstić information content (AvgIpc) is 2.90. The Balaban J connectivity index is 2.15. The van der Waals surface area contributed by atoms with Gasteiger partial charge in [-0.05, 0) is 37.7 Å². The number of aryl methyl sites for hydroxylation is 2. The van der Waals surface area contributed by atoms with Crippen LogP contribution in [0.4, 0.5) is 13.2 Å². The second-order valence-corrected chi connectivity index (χ2v) is 6.60. The Labute approximate surface area is 149 Å². The molecule has 0 aromatic carbocycles. The summed E-state index contributed by atoms with van der Waals surface area (Å²) < 4.78 is 40.2. The van der Waals surface area contributed by atoms with Gasteiger partial charge < -0.3 is 0 Å². The maximum atomic E-state index is 13.0. The summed E-state index contributed by atoms with van der Waals surface area (Å²) in [6.45, 7) is 3.45. The largest absolute Gasteiger partial charge is 0.417 e. The van der Waals surface area contributed by atoms with Gasteiger partial charge in [-0.25, -0.2) is 0 Å². The summed E-state index contributed by atoms with van der Waals surface area (Å²) in [6.07, 6.45) is -3.66. The van der Waals surface area contributed by atoms with Crippen LogP contribution in [0.1, 0.15) is 22.5 Å². The van der Waals surface area contributed by atoms with Crippen molar-refractivity contribution < 1.29 is 13.2 Å². The molecule has 0 saturated carbocycles. The molecule has 0 spiro atoms. The summed E-state index contributed by atoms with van der Waals surface area (Å²) in [5.74, 6) is 0. The molecule has 0 aliphatic heterocycles. The summed E-state index contributed by atoms with van der Waals surface area (Å²) in [6, 6.07) is 4.53. The van der Waals surface area contributed by atoms with Gasteiger partial charge in [0.15, 0.2) is 5.65 Å². The van der Waals surface area contributed by atoms with Crippen LogP contribution in [0.2, 0.25) is 5.02 Å². The molecule has 0 N–H and O–H groups in total. The van der Waals surface area contributed by atoms with E-state index in [1.807, 2.05) is 0 Å². The minimum absolute atomic E-state index is 0.109. The van der Waals surface area contributed by atoms with Gasteiger partial charge in [0.05, 0.1) is 21.8 Å². The Morgan fingerprint density at radius 2 is 1.96 bits per heavy atom. The lowest BCUT2D eigenvalue weighted by atomic mass is 10.2. The highest BCUT2D eigenvalue weighted by molar-refractivity contribution is 7.99. The first-order chi connectivity index (χ1) is 11.7. The zero-order valence-electron chi connectivity index (χ0n) is 12.9. The number of nitriles is 1. The molecule has 0 aliphatic rings. The first-order valence-electron chi connectivity index (χ1n) is 6.88. The number of pyridine rings is 2. The standard InChI is InChI=1S/C15H9ClF3N5S/c1-7-3-12(10(5-20)8(2)21-7)25-14-23-22-13-11(16)4-9(6-24(13)14)15(17,18)19/h3-4,6H,1-2H3. The van der Waals surface area contributed by atoms with Crippen LogP contribution in [0.5, 0.6) is 0 Å². The molecule has 3 rings (SSSR count). The quantitative estimate of drug-likeness (QED) is 0.654. The maximum absolute atomic E-state index is 13.0. The van der Waals surface area contributed by atoms with Crippen LogP contribution in [-0.4, -0.2) is 19.6 Å². The van der Waals surface area contributed by atoms with Gasteiger partial charge in [0.1, 0.15) is 6.07 Å². The van der Waals surface area contributed by atoms with Crippen molar-refractivity contribution in [1.29, 1.82) is 5.26 Å².